The van der Waals surface area contributed by atoms with Crippen molar-refractivity contribution in [2.24, 2.45) is 0 Å². The lowest BCUT2D eigenvalue weighted by atomic mass is 10.0. The average Bonchev–Trinajstić information content (AvgIpc) is 2.57. The number of methoxy groups -OCH3 is 1. The van der Waals surface area contributed by atoms with Gasteiger partial charge in [0, 0.05) is 11.3 Å². The first kappa shape index (κ1) is 17.3. The molecule has 1 aliphatic rings. The summed E-state index contributed by atoms with van der Waals surface area (Å²) in [6, 6.07) is 6.49. The predicted molar refractivity (Wildman–Crippen MR) is 91.3 cm³/mol. The van der Waals surface area contributed by atoms with Gasteiger partial charge in [0.25, 0.3) is 0 Å². The fraction of sp³-hybridized carbons (Fsp3) is 0.222. The van der Waals surface area contributed by atoms with Gasteiger partial charge in [-0.1, -0.05) is 43.0 Å². The van der Waals surface area contributed by atoms with Crippen LogP contribution in [0.1, 0.15) is 12.5 Å². The van der Waals surface area contributed by atoms with Crippen molar-refractivity contribution in [2.75, 3.05) is 13.7 Å². The zero-order valence-corrected chi connectivity index (χ0v) is 13.7. The normalized spacial score (nSPS) is 17.2. The van der Waals surface area contributed by atoms with Gasteiger partial charge < -0.3 is 20.1 Å². The van der Waals surface area contributed by atoms with Gasteiger partial charge in [0.05, 0.1) is 18.7 Å². The number of nitrogens with one attached hydrogen (secondary N) is 2. The number of para-hydroxylation sites is 1. The van der Waals surface area contributed by atoms with E-state index in [-0.39, 0.29) is 12.6 Å². The van der Waals surface area contributed by atoms with E-state index in [0.717, 1.165) is 5.56 Å². The van der Waals surface area contributed by atoms with Gasteiger partial charge in [-0.2, -0.15) is 0 Å². The molecule has 1 heterocycles. The average molecular weight is 328 g/mol. The maximum atomic E-state index is 12.2. The molecule has 0 saturated carbocycles. The summed E-state index contributed by atoms with van der Waals surface area (Å²) in [7, 11) is 1.58. The fourth-order valence-electron chi connectivity index (χ4n) is 2.36. The number of esters is 1. The van der Waals surface area contributed by atoms with Gasteiger partial charge in [-0.3, -0.25) is 0 Å². The van der Waals surface area contributed by atoms with Crippen LogP contribution in [0.25, 0.3) is 6.08 Å². The molecule has 6 nitrogen and oxygen atoms in total. The minimum Gasteiger partial charge on any atom is -0.496 e. The maximum Gasteiger partial charge on any atom is 0.338 e. The van der Waals surface area contributed by atoms with E-state index >= 15 is 0 Å². The Kier molecular flexibility index (Phi) is 5.78. The molecule has 0 aromatic heterocycles. The Hall–Kier alpha value is -3.02. The zero-order valence-electron chi connectivity index (χ0n) is 13.7. The maximum absolute atomic E-state index is 12.2. The third-order valence-corrected chi connectivity index (χ3v) is 3.46. The molecule has 0 radical (unpaired) electrons. The van der Waals surface area contributed by atoms with Gasteiger partial charge in [-0.25, -0.2) is 9.59 Å². The SMILES string of the molecule is C=CCOC(=O)C1=C(C)NC(=O)NC1/C=C/c1ccccc1OC. The molecule has 24 heavy (non-hydrogen) atoms. The Morgan fingerprint density at radius 1 is 1.38 bits per heavy atom. The highest BCUT2D eigenvalue weighted by Gasteiger charge is 2.29. The zero-order chi connectivity index (χ0) is 17.5. The molecular weight excluding hydrogens is 308 g/mol. The Morgan fingerprint density at radius 2 is 2.12 bits per heavy atom. The largest absolute Gasteiger partial charge is 0.496 e. The second-order valence-electron chi connectivity index (χ2n) is 5.10. The van der Waals surface area contributed by atoms with Gasteiger partial charge >= 0.3 is 12.0 Å². The van der Waals surface area contributed by atoms with E-state index < -0.39 is 12.0 Å². The fourth-order valence-corrected chi connectivity index (χ4v) is 2.36. The molecule has 0 aliphatic carbocycles. The number of amides is 2. The molecule has 0 spiro atoms. The number of ether oxygens (including phenoxy) is 2. The Bertz CT molecular complexity index is 707. The molecule has 1 aromatic rings. The van der Waals surface area contributed by atoms with Gasteiger partial charge in [0.2, 0.25) is 0 Å². The van der Waals surface area contributed by atoms with E-state index in [1.165, 1.54) is 6.08 Å². The van der Waals surface area contributed by atoms with Crippen molar-refractivity contribution in [3.8, 4) is 5.75 Å². The molecule has 0 fully saturated rings. The number of hydrogen-bond donors (Lipinski definition) is 2. The molecule has 6 heteroatoms. The third-order valence-electron chi connectivity index (χ3n) is 3.46. The van der Waals surface area contributed by atoms with Gasteiger partial charge in [0.15, 0.2) is 0 Å². The minimum absolute atomic E-state index is 0.104. The molecule has 1 atom stereocenters. The molecule has 0 saturated heterocycles. The van der Waals surface area contributed by atoms with E-state index in [4.69, 9.17) is 9.47 Å². The molecule has 2 N–H and O–H groups in total. The smallest absolute Gasteiger partial charge is 0.338 e. The Balaban J connectivity index is 2.29. The van der Waals surface area contributed by atoms with Crippen molar-refractivity contribution >= 4 is 18.1 Å². The van der Waals surface area contributed by atoms with Crippen LogP contribution in [-0.4, -0.2) is 31.8 Å². The summed E-state index contributed by atoms with van der Waals surface area (Å²) in [5.41, 5.74) is 1.65. The summed E-state index contributed by atoms with van der Waals surface area (Å²) in [5, 5.41) is 5.28. The molecule has 1 unspecified atom stereocenters. The number of urea groups is 1. The quantitative estimate of drug-likeness (QED) is 0.621. The number of allylic oxidation sites excluding steroid dienone is 1. The second kappa shape index (κ2) is 8.01. The standard InChI is InChI=1S/C18H20N2O4/c1-4-11-24-17(21)16-12(2)19-18(22)20-14(16)10-9-13-7-5-6-8-15(13)23-3/h4-10,14H,1,11H2,2-3H3,(H2,19,20,22)/b10-9+. The van der Waals surface area contributed by atoms with Crippen LogP contribution >= 0.6 is 0 Å². The lowest BCUT2D eigenvalue weighted by Crippen LogP contribution is -2.49. The highest BCUT2D eigenvalue weighted by atomic mass is 16.5. The van der Waals surface area contributed by atoms with Crippen molar-refractivity contribution in [3.63, 3.8) is 0 Å². The van der Waals surface area contributed by atoms with Crippen LogP contribution in [0, 0.1) is 0 Å². The van der Waals surface area contributed by atoms with E-state index in [0.29, 0.717) is 17.0 Å². The third kappa shape index (κ3) is 4.04. The lowest BCUT2D eigenvalue weighted by molar-refractivity contribution is -0.138. The van der Waals surface area contributed by atoms with Gasteiger partial charge in [-0.05, 0) is 13.0 Å². The number of rotatable bonds is 6. The van der Waals surface area contributed by atoms with Gasteiger partial charge in [-0.15, -0.1) is 0 Å². The van der Waals surface area contributed by atoms with Crippen LogP contribution in [0.2, 0.25) is 0 Å². The number of benzene rings is 1. The molecule has 126 valence electrons. The summed E-state index contributed by atoms with van der Waals surface area (Å²) in [6.45, 7) is 5.28. The second-order valence-corrected chi connectivity index (χ2v) is 5.10. The molecule has 0 bridgehead atoms. The summed E-state index contributed by atoms with van der Waals surface area (Å²) in [6.07, 6.45) is 5.01. The van der Waals surface area contributed by atoms with Crippen molar-refractivity contribution < 1.29 is 19.1 Å². The first-order valence-corrected chi connectivity index (χ1v) is 7.44. The van der Waals surface area contributed by atoms with Crippen molar-refractivity contribution in [3.05, 3.63) is 59.8 Å². The first-order chi connectivity index (χ1) is 11.6. The van der Waals surface area contributed by atoms with Crippen molar-refractivity contribution in [2.45, 2.75) is 13.0 Å². The van der Waals surface area contributed by atoms with E-state index in [9.17, 15) is 9.59 Å². The first-order valence-electron chi connectivity index (χ1n) is 7.44. The predicted octanol–water partition coefficient (Wildman–Crippen LogP) is 2.39. The van der Waals surface area contributed by atoms with Crippen molar-refractivity contribution in [1.82, 2.24) is 10.6 Å². The van der Waals surface area contributed by atoms with Crippen LogP contribution in [-0.2, 0) is 9.53 Å². The van der Waals surface area contributed by atoms with E-state index in [1.54, 1.807) is 26.2 Å². The van der Waals surface area contributed by atoms with Gasteiger partial charge in [0.1, 0.15) is 12.4 Å². The van der Waals surface area contributed by atoms with Crippen molar-refractivity contribution in [1.29, 1.82) is 0 Å². The summed E-state index contributed by atoms with van der Waals surface area (Å²) >= 11 is 0. The van der Waals surface area contributed by atoms with E-state index in [2.05, 4.69) is 17.2 Å². The highest BCUT2D eigenvalue weighted by molar-refractivity contribution is 5.95. The summed E-state index contributed by atoms with van der Waals surface area (Å²) < 4.78 is 10.4. The number of carbonyl (C=O) groups excluding carboxylic acids is 2. The monoisotopic (exact) mass is 328 g/mol. The van der Waals surface area contributed by atoms with Crippen LogP contribution < -0.4 is 15.4 Å². The molecule has 2 rings (SSSR count). The van der Waals surface area contributed by atoms with E-state index in [1.807, 2.05) is 24.3 Å². The molecular formula is C18H20N2O4. The Morgan fingerprint density at radius 3 is 2.83 bits per heavy atom. The number of carbonyl (C=O) groups is 2. The lowest BCUT2D eigenvalue weighted by Gasteiger charge is -2.25. The molecule has 1 aromatic carbocycles. The molecule has 1 aliphatic heterocycles. The summed E-state index contributed by atoms with van der Waals surface area (Å²) in [4.78, 5) is 24.0. The van der Waals surface area contributed by atoms with Crippen LogP contribution in [0.15, 0.2) is 54.3 Å². The van der Waals surface area contributed by atoms with Crippen LogP contribution in [0.4, 0.5) is 4.79 Å². The topological polar surface area (TPSA) is 76.7 Å². The number of hydrogen-bond acceptors (Lipinski definition) is 4. The Labute approximate surface area is 140 Å². The van der Waals surface area contributed by atoms with Crippen LogP contribution in [0.5, 0.6) is 5.75 Å². The van der Waals surface area contributed by atoms with Crippen LogP contribution in [0.3, 0.4) is 0 Å². The highest BCUT2D eigenvalue weighted by Crippen LogP contribution is 2.21. The summed E-state index contributed by atoms with van der Waals surface area (Å²) in [5.74, 6) is 0.195. The molecule has 2 amide bonds. The minimum atomic E-state index is -0.596.